The van der Waals surface area contributed by atoms with Crippen LogP contribution in [0.15, 0.2) is 36.4 Å². The molecule has 3 heteroatoms. The summed E-state index contributed by atoms with van der Waals surface area (Å²) >= 11 is 0. The molecule has 0 bridgehead atoms. The smallest absolute Gasteiger partial charge is 0.127 e. The van der Waals surface area contributed by atoms with Gasteiger partial charge in [-0.3, -0.25) is 0 Å². The topological polar surface area (TPSA) is 60.7 Å². The number of phenols is 3. The first-order valence-electron chi connectivity index (χ1n) is 6.96. The van der Waals surface area contributed by atoms with Gasteiger partial charge in [-0.1, -0.05) is 31.9 Å². The standard InChI is InChI=1S/C17H20O3/c1-2-3-4-6-12-9-15(19)17(16(20)10-12)13-7-5-8-14(18)11-13/h5,7-11,18-20H,2-4,6H2,1H3. The number of aromatic hydroxyl groups is 3. The summed E-state index contributed by atoms with van der Waals surface area (Å²) in [6, 6.07) is 9.87. The van der Waals surface area contributed by atoms with E-state index in [4.69, 9.17) is 0 Å². The fourth-order valence-corrected chi connectivity index (χ4v) is 2.35. The van der Waals surface area contributed by atoms with Crippen LogP contribution in [0.1, 0.15) is 31.7 Å². The number of hydrogen-bond acceptors (Lipinski definition) is 3. The molecule has 0 saturated carbocycles. The van der Waals surface area contributed by atoms with Gasteiger partial charge >= 0.3 is 0 Å². The Hall–Kier alpha value is -2.16. The van der Waals surface area contributed by atoms with Gasteiger partial charge in [0.05, 0.1) is 5.56 Å². The van der Waals surface area contributed by atoms with Gasteiger partial charge in [-0.25, -0.2) is 0 Å². The number of benzene rings is 2. The van der Waals surface area contributed by atoms with E-state index in [1.807, 2.05) is 0 Å². The highest BCUT2D eigenvalue weighted by molar-refractivity contribution is 5.77. The summed E-state index contributed by atoms with van der Waals surface area (Å²) < 4.78 is 0. The van der Waals surface area contributed by atoms with E-state index in [1.165, 1.54) is 6.07 Å². The molecule has 3 N–H and O–H groups in total. The maximum Gasteiger partial charge on any atom is 0.127 e. The molecule has 0 heterocycles. The number of rotatable bonds is 5. The van der Waals surface area contributed by atoms with Gasteiger partial charge in [0.2, 0.25) is 0 Å². The second-order valence-electron chi connectivity index (χ2n) is 5.02. The SMILES string of the molecule is CCCCCc1cc(O)c(-c2cccc(O)c2)c(O)c1. The highest BCUT2D eigenvalue weighted by Gasteiger charge is 2.12. The zero-order chi connectivity index (χ0) is 14.5. The molecule has 0 fully saturated rings. The van der Waals surface area contributed by atoms with Gasteiger partial charge < -0.3 is 15.3 Å². The molecule has 0 aromatic heterocycles. The molecule has 0 spiro atoms. The zero-order valence-electron chi connectivity index (χ0n) is 11.6. The molecule has 0 unspecified atom stereocenters. The van der Waals surface area contributed by atoms with E-state index in [0.29, 0.717) is 11.1 Å². The Kier molecular flexibility index (Phi) is 4.51. The Morgan fingerprint density at radius 3 is 2.20 bits per heavy atom. The van der Waals surface area contributed by atoms with Gasteiger partial charge in [0.25, 0.3) is 0 Å². The number of unbranched alkanes of at least 4 members (excludes halogenated alkanes) is 2. The van der Waals surface area contributed by atoms with E-state index < -0.39 is 0 Å². The van der Waals surface area contributed by atoms with Crippen LogP contribution in [0.25, 0.3) is 11.1 Å². The molecular weight excluding hydrogens is 252 g/mol. The third kappa shape index (κ3) is 3.23. The van der Waals surface area contributed by atoms with Crippen molar-refractivity contribution in [3.05, 3.63) is 42.0 Å². The van der Waals surface area contributed by atoms with Gasteiger partial charge in [-0.15, -0.1) is 0 Å². The average molecular weight is 272 g/mol. The molecule has 0 aliphatic heterocycles. The van der Waals surface area contributed by atoms with Crippen LogP contribution in [0.5, 0.6) is 17.2 Å². The lowest BCUT2D eigenvalue weighted by atomic mass is 9.98. The van der Waals surface area contributed by atoms with Crippen molar-refractivity contribution in [2.75, 3.05) is 0 Å². The molecule has 0 amide bonds. The van der Waals surface area contributed by atoms with E-state index in [2.05, 4.69) is 6.92 Å². The molecule has 20 heavy (non-hydrogen) atoms. The lowest BCUT2D eigenvalue weighted by Crippen LogP contribution is -1.88. The van der Waals surface area contributed by atoms with Crippen LogP contribution >= 0.6 is 0 Å². The van der Waals surface area contributed by atoms with Gasteiger partial charge in [-0.2, -0.15) is 0 Å². The van der Waals surface area contributed by atoms with Crippen molar-refractivity contribution in [1.82, 2.24) is 0 Å². The normalized spacial score (nSPS) is 10.7. The summed E-state index contributed by atoms with van der Waals surface area (Å²) in [7, 11) is 0. The number of aryl methyl sites for hydroxylation is 1. The van der Waals surface area contributed by atoms with Crippen LogP contribution in [0.4, 0.5) is 0 Å². The first-order valence-corrected chi connectivity index (χ1v) is 6.96. The van der Waals surface area contributed by atoms with Crippen LogP contribution in [0.3, 0.4) is 0 Å². The van der Waals surface area contributed by atoms with Crippen molar-refractivity contribution in [3.8, 4) is 28.4 Å². The van der Waals surface area contributed by atoms with Crippen molar-refractivity contribution in [3.63, 3.8) is 0 Å². The van der Waals surface area contributed by atoms with E-state index >= 15 is 0 Å². The molecule has 3 nitrogen and oxygen atoms in total. The molecule has 106 valence electrons. The summed E-state index contributed by atoms with van der Waals surface area (Å²) in [6.07, 6.45) is 4.16. The van der Waals surface area contributed by atoms with Crippen LogP contribution in [-0.2, 0) is 6.42 Å². The molecular formula is C17H20O3. The Morgan fingerprint density at radius 2 is 1.60 bits per heavy atom. The first kappa shape index (κ1) is 14.3. The minimum absolute atomic E-state index is 0.0436. The van der Waals surface area contributed by atoms with Gasteiger partial charge in [-0.05, 0) is 48.2 Å². The Bertz CT molecular complexity index is 568. The van der Waals surface area contributed by atoms with Crippen LogP contribution in [0, 0.1) is 0 Å². The molecule has 0 aliphatic rings. The molecule has 0 saturated heterocycles. The second-order valence-corrected chi connectivity index (χ2v) is 5.02. The fraction of sp³-hybridized carbons (Fsp3) is 0.294. The van der Waals surface area contributed by atoms with Crippen LogP contribution in [-0.4, -0.2) is 15.3 Å². The monoisotopic (exact) mass is 272 g/mol. The highest BCUT2D eigenvalue weighted by Crippen LogP contribution is 2.39. The largest absolute Gasteiger partial charge is 0.508 e. The minimum Gasteiger partial charge on any atom is -0.508 e. The molecule has 0 aliphatic carbocycles. The number of phenolic OH excluding ortho intramolecular Hbond substituents is 3. The molecule has 2 aromatic rings. The summed E-state index contributed by atoms with van der Waals surface area (Å²) in [5.41, 5.74) is 1.89. The lowest BCUT2D eigenvalue weighted by Gasteiger charge is -2.11. The van der Waals surface area contributed by atoms with Crippen molar-refractivity contribution in [2.24, 2.45) is 0 Å². The summed E-state index contributed by atoms with van der Waals surface area (Å²) in [5, 5.41) is 29.8. The van der Waals surface area contributed by atoms with E-state index in [0.717, 1.165) is 31.2 Å². The maximum atomic E-state index is 10.1. The first-order chi connectivity index (χ1) is 9.61. The van der Waals surface area contributed by atoms with E-state index in [-0.39, 0.29) is 17.2 Å². The third-order valence-corrected chi connectivity index (χ3v) is 3.36. The predicted molar refractivity (Wildman–Crippen MR) is 80.1 cm³/mol. The summed E-state index contributed by atoms with van der Waals surface area (Å²) in [4.78, 5) is 0. The minimum atomic E-state index is 0.0436. The molecule has 0 radical (unpaired) electrons. The Morgan fingerprint density at radius 1 is 0.900 bits per heavy atom. The molecule has 2 aromatic carbocycles. The van der Waals surface area contributed by atoms with E-state index in [1.54, 1.807) is 30.3 Å². The van der Waals surface area contributed by atoms with E-state index in [9.17, 15) is 15.3 Å². The third-order valence-electron chi connectivity index (χ3n) is 3.36. The maximum absolute atomic E-state index is 10.1. The quantitative estimate of drug-likeness (QED) is 0.715. The average Bonchev–Trinajstić information content (AvgIpc) is 2.38. The Labute approximate surface area is 119 Å². The number of hydrogen-bond donors (Lipinski definition) is 3. The van der Waals surface area contributed by atoms with Gasteiger partial charge in [0.15, 0.2) is 0 Å². The van der Waals surface area contributed by atoms with Crippen molar-refractivity contribution in [1.29, 1.82) is 0 Å². The Balaban J connectivity index is 2.31. The van der Waals surface area contributed by atoms with Crippen LogP contribution < -0.4 is 0 Å². The van der Waals surface area contributed by atoms with Crippen molar-refractivity contribution in [2.45, 2.75) is 32.6 Å². The van der Waals surface area contributed by atoms with Crippen LogP contribution in [0.2, 0.25) is 0 Å². The van der Waals surface area contributed by atoms with Crippen molar-refractivity contribution >= 4 is 0 Å². The van der Waals surface area contributed by atoms with Crippen molar-refractivity contribution < 1.29 is 15.3 Å². The highest BCUT2D eigenvalue weighted by atomic mass is 16.3. The van der Waals surface area contributed by atoms with Gasteiger partial charge in [0, 0.05) is 0 Å². The second kappa shape index (κ2) is 6.33. The summed E-state index contributed by atoms with van der Waals surface area (Å²) in [5.74, 6) is 0.192. The fourth-order valence-electron chi connectivity index (χ4n) is 2.35. The predicted octanol–water partition coefficient (Wildman–Crippen LogP) is 4.20. The van der Waals surface area contributed by atoms with Gasteiger partial charge in [0.1, 0.15) is 17.2 Å². The molecule has 0 atom stereocenters. The molecule has 2 rings (SSSR count). The zero-order valence-corrected chi connectivity index (χ0v) is 11.6. The summed E-state index contributed by atoms with van der Waals surface area (Å²) in [6.45, 7) is 2.14. The lowest BCUT2D eigenvalue weighted by molar-refractivity contribution is 0.452.